The minimum atomic E-state index is -0.239. The molecule has 5 nitrogen and oxygen atoms in total. The van der Waals surface area contributed by atoms with Gasteiger partial charge in [0.2, 0.25) is 5.91 Å². The van der Waals surface area contributed by atoms with E-state index in [9.17, 15) is 4.79 Å². The van der Waals surface area contributed by atoms with Gasteiger partial charge in [0.05, 0.1) is 0 Å². The van der Waals surface area contributed by atoms with E-state index >= 15 is 0 Å². The molecular formula is C13H20N4O. The van der Waals surface area contributed by atoms with Crippen LogP contribution in [0.4, 0.5) is 5.82 Å². The number of hydrogen-bond acceptors (Lipinski definition) is 4. The number of carbonyl (C=O) groups excluding carboxylic acids is 1. The van der Waals surface area contributed by atoms with Gasteiger partial charge in [-0.05, 0) is 39.2 Å². The van der Waals surface area contributed by atoms with Crippen LogP contribution in [0.15, 0.2) is 12.3 Å². The second kappa shape index (κ2) is 5.80. The van der Waals surface area contributed by atoms with Crippen molar-refractivity contribution < 1.29 is 4.79 Å². The van der Waals surface area contributed by atoms with Crippen molar-refractivity contribution in [2.24, 2.45) is 0 Å². The van der Waals surface area contributed by atoms with Crippen molar-refractivity contribution in [3.05, 3.63) is 18.1 Å². The van der Waals surface area contributed by atoms with Crippen molar-refractivity contribution in [2.45, 2.75) is 39.2 Å². The molecule has 1 aromatic rings. The number of hydrogen-bond donors (Lipinski definition) is 1. The maximum atomic E-state index is 12.2. The maximum Gasteiger partial charge on any atom is 0.244 e. The summed E-state index contributed by atoms with van der Waals surface area (Å²) < 4.78 is 0. The fourth-order valence-electron chi connectivity index (χ4n) is 2.21. The normalized spacial score (nSPS) is 17.3. The van der Waals surface area contributed by atoms with E-state index in [4.69, 9.17) is 0 Å². The monoisotopic (exact) mass is 248 g/mol. The van der Waals surface area contributed by atoms with Crippen LogP contribution in [0, 0.1) is 6.92 Å². The predicted octanol–water partition coefficient (Wildman–Crippen LogP) is 1.60. The first kappa shape index (κ1) is 12.8. The van der Waals surface area contributed by atoms with Crippen molar-refractivity contribution in [2.75, 3.05) is 18.4 Å². The molecule has 2 heterocycles. The molecular weight excluding hydrogens is 228 g/mol. The highest BCUT2D eigenvalue weighted by Crippen LogP contribution is 2.12. The number of carbonyl (C=O) groups is 1. The highest BCUT2D eigenvalue weighted by molar-refractivity contribution is 5.84. The molecule has 98 valence electrons. The summed E-state index contributed by atoms with van der Waals surface area (Å²) in [5.74, 6) is 1.57. The van der Waals surface area contributed by atoms with Gasteiger partial charge < -0.3 is 10.2 Å². The molecule has 1 aliphatic heterocycles. The zero-order chi connectivity index (χ0) is 13.0. The number of anilines is 1. The highest BCUT2D eigenvalue weighted by atomic mass is 16.2. The summed E-state index contributed by atoms with van der Waals surface area (Å²) in [6.07, 6.45) is 5.16. The topological polar surface area (TPSA) is 58.1 Å². The van der Waals surface area contributed by atoms with Gasteiger partial charge >= 0.3 is 0 Å². The smallest absolute Gasteiger partial charge is 0.244 e. The summed E-state index contributed by atoms with van der Waals surface area (Å²) in [6, 6.07) is 1.55. The second-order valence-corrected chi connectivity index (χ2v) is 4.74. The number of rotatable bonds is 3. The molecule has 1 saturated heterocycles. The lowest BCUT2D eigenvalue weighted by atomic mass is 10.1. The third-order valence-electron chi connectivity index (χ3n) is 3.18. The zero-order valence-electron chi connectivity index (χ0n) is 11.0. The zero-order valence-corrected chi connectivity index (χ0v) is 11.0. The van der Waals surface area contributed by atoms with Crippen LogP contribution < -0.4 is 5.32 Å². The minimum Gasteiger partial charge on any atom is -0.359 e. The van der Waals surface area contributed by atoms with E-state index in [1.165, 1.54) is 6.42 Å². The first-order chi connectivity index (χ1) is 8.66. The molecule has 0 aromatic carbocycles. The summed E-state index contributed by atoms with van der Waals surface area (Å²) in [5, 5.41) is 3.14. The molecule has 0 radical (unpaired) electrons. The predicted molar refractivity (Wildman–Crippen MR) is 70.3 cm³/mol. The minimum absolute atomic E-state index is 0.158. The highest BCUT2D eigenvalue weighted by Gasteiger charge is 2.22. The van der Waals surface area contributed by atoms with Gasteiger partial charge in [-0.3, -0.25) is 4.79 Å². The van der Waals surface area contributed by atoms with E-state index in [0.717, 1.165) is 25.9 Å². The summed E-state index contributed by atoms with van der Waals surface area (Å²) in [7, 11) is 0. The van der Waals surface area contributed by atoms with E-state index in [1.807, 2.05) is 18.7 Å². The number of amides is 1. The van der Waals surface area contributed by atoms with Crippen molar-refractivity contribution in [1.29, 1.82) is 0 Å². The third-order valence-corrected chi connectivity index (χ3v) is 3.18. The molecule has 1 unspecified atom stereocenters. The molecule has 1 atom stereocenters. The van der Waals surface area contributed by atoms with E-state index in [-0.39, 0.29) is 11.9 Å². The van der Waals surface area contributed by atoms with Gasteiger partial charge in [0, 0.05) is 19.3 Å². The molecule has 5 heteroatoms. The summed E-state index contributed by atoms with van der Waals surface area (Å²) >= 11 is 0. The fraction of sp³-hybridized carbons (Fsp3) is 0.615. The van der Waals surface area contributed by atoms with Gasteiger partial charge in [0.25, 0.3) is 0 Å². The quantitative estimate of drug-likeness (QED) is 0.882. The van der Waals surface area contributed by atoms with Gasteiger partial charge in [-0.2, -0.15) is 0 Å². The van der Waals surface area contributed by atoms with Gasteiger partial charge in [-0.1, -0.05) is 0 Å². The molecule has 0 bridgehead atoms. The van der Waals surface area contributed by atoms with E-state index in [2.05, 4.69) is 15.3 Å². The maximum absolute atomic E-state index is 12.2. The number of likely N-dealkylation sites (tertiary alicyclic amines) is 1. The Morgan fingerprint density at radius 1 is 1.39 bits per heavy atom. The molecule has 2 rings (SSSR count). The Labute approximate surface area is 108 Å². The van der Waals surface area contributed by atoms with Crippen LogP contribution in [0.2, 0.25) is 0 Å². The van der Waals surface area contributed by atoms with E-state index < -0.39 is 0 Å². The number of aromatic nitrogens is 2. The first-order valence-corrected chi connectivity index (χ1v) is 6.52. The van der Waals surface area contributed by atoms with Crippen LogP contribution in [0.5, 0.6) is 0 Å². The Hall–Kier alpha value is -1.65. The average molecular weight is 248 g/mol. The fourth-order valence-corrected chi connectivity index (χ4v) is 2.21. The van der Waals surface area contributed by atoms with E-state index in [0.29, 0.717) is 11.6 Å². The van der Waals surface area contributed by atoms with Crippen LogP contribution in [-0.2, 0) is 4.79 Å². The number of nitrogens with one attached hydrogen (secondary N) is 1. The Balaban J connectivity index is 1.94. The molecule has 1 aromatic heterocycles. The van der Waals surface area contributed by atoms with Gasteiger partial charge in [0.15, 0.2) is 0 Å². The molecule has 1 fully saturated rings. The summed E-state index contributed by atoms with van der Waals surface area (Å²) in [5.41, 5.74) is 0. The number of aryl methyl sites for hydroxylation is 1. The molecule has 1 amide bonds. The third kappa shape index (κ3) is 3.18. The second-order valence-electron chi connectivity index (χ2n) is 4.74. The average Bonchev–Trinajstić information content (AvgIpc) is 2.39. The van der Waals surface area contributed by atoms with Gasteiger partial charge in [0.1, 0.15) is 17.7 Å². The first-order valence-electron chi connectivity index (χ1n) is 6.52. The number of nitrogens with zero attached hydrogens (tertiary/aromatic N) is 3. The number of piperidine rings is 1. The lowest BCUT2D eigenvalue weighted by Gasteiger charge is -2.29. The van der Waals surface area contributed by atoms with Crippen molar-refractivity contribution in [1.82, 2.24) is 14.9 Å². The SMILES string of the molecule is Cc1nccc(NC(C)C(=O)N2CCCCC2)n1. The molecule has 0 aliphatic carbocycles. The lowest BCUT2D eigenvalue weighted by molar-refractivity contribution is -0.132. The standard InChI is InChI=1S/C13H20N4O/c1-10(13(18)17-8-4-3-5-9-17)15-12-6-7-14-11(2)16-12/h6-7,10H,3-5,8-9H2,1-2H3,(H,14,15,16). The summed E-state index contributed by atoms with van der Waals surface area (Å²) in [6.45, 7) is 5.48. The molecule has 18 heavy (non-hydrogen) atoms. The van der Waals surface area contributed by atoms with Crippen molar-refractivity contribution in [3.8, 4) is 0 Å². The Kier molecular flexibility index (Phi) is 4.12. The van der Waals surface area contributed by atoms with Crippen LogP contribution in [-0.4, -0.2) is 39.9 Å². The molecule has 1 aliphatic rings. The van der Waals surface area contributed by atoms with Gasteiger partial charge in [-0.25, -0.2) is 9.97 Å². The lowest BCUT2D eigenvalue weighted by Crippen LogP contribution is -2.44. The van der Waals surface area contributed by atoms with Gasteiger partial charge in [-0.15, -0.1) is 0 Å². The Morgan fingerprint density at radius 2 is 2.11 bits per heavy atom. The Bertz CT molecular complexity index is 415. The van der Waals surface area contributed by atoms with Crippen LogP contribution in [0.25, 0.3) is 0 Å². The van der Waals surface area contributed by atoms with Crippen LogP contribution in [0.3, 0.4) is 0 Å². The Morgan fingerprint density at radius 3 is 2.78 bits per heavy atom. The van der Waals surface area contributed by atoms with Crippen LogP contribution >= 0.6 is 0 Å². The van der Waals surface area contributed by atoms with Crippen molar-refractivity contribution >= 4 is 11.7 Å². The summed E-state index contributed by atoms with van der Waals surface area (Å²) in [4.78, 5) is 22.4. The van der Waals surface area contributed by atoms with Crippen molar-refractivity contribution in [3.63, 3.8) is 0 Å². The molecule has 0 spiro atoms. The largest absolute Gasteiger partial charge is 0.359 e. The molecule has 1 N–H and O–H groups in total. The van der Waals surface area contributed by atoms with E-state index in [1.54, 1.807) is 12.3 Å². The van der Waals surface area contributed by atoms with Crippen LogP contribution in [0.1, 0.15) is 32.0 Å². The molecule has 0 saturated carbocycles.